The van der Waals surface area contributed by atoms with Crippen LogP contribution in [0.1, 0.15) is 43.4 Å². The van der Waals surface area contributed by atoms with Gasteiger partial charge in [-0.1, -0.05) is 6.92 Å². The van der Waals surface area contributed by atoms with Crippen LogP contribution in [0.15, 0.2) is 6.07 Å². The Hall–Kier alpha value is -1.85. The summed E-state index contributed by atoms with van der Waals surface area (Å²) in [4.78, 5) is 24.8. The Bertz CT molecular complexity index is 468. The van der Waals surface area contributed by atoms with Crippen LogP contribution in [0.3, 0.4) is 0 Å². The van der Waals surface area contributed by atoms with Gasteiger partial charge in [0.2, 0.25) is 0 Å². The van der Waals surface area contributed by atoms with Gasteiger partial charge in [-0.25, -0.2) is 0 Å². The molecule has 1 rings (SSSR count). The zero-order chi connectivity index (χ0) is 14.6. The van der Waals surface area contributed by atoms with Crippen molar-refractivity contribution in [2.45, 2.75) is 46.7 Å². The average molecular weight is 267 g/mol. The Labute approximate surface area is 113 Å². The van der Waals surface area contributed by atoms with E-state index in [4.69, 9.17) is 5.11 Å². The second-order valence-corrected chi connectivity index (χ2v) is 4.57. The third-order valence-corrected chi connectivity index (χ3v) is 3.11. The molecular formula is C13H21N3O3. The molecule has 1 heterocycles. The van der Waals surface area contributed by atoms with Gasteiger partial charge < -0.3 is 10.0 Å². The summed E-state index contributed by atoms with van der Waals surface area (Å²) in [6.45, 7) is 7.77. The third-order valence-electron chi connectivity index (χ3n) is 3.11. The molecule has 0 aliphatic rings. The summed E-state index contributed by atoms with van der Waals surface area (Å²) in [5.41, 5.74) is 1.20. The van der Waals surface area contributed by atoms with Crippen LogP contribution in [0.5, 0.6) is 0 Å². The zero-order valence-electron chi connectivity index (χ0n) is 11.9. The van der Waals surface area contributed by atoms with E-state index >= 15 is 0 Å². The predicted molar refractivity (Wildman–Crippen MR) is 71.1 cm³/mol. The highest BCUT2D eigenvalue weighted by atomic mass is 16.4. The third kappa shape index (κ3) is 3.56. The van der Waals surface area contributed by atoms with Crippen LogP contribution in [0.4, 0.5) is 0 Å². The van der Waals surface area contributed by atoms with Crippen LogP contribution in [0, 0.1) is 6.92 Å². The van der Waals surface area contributed by atoms with Crippen LogP contribution < -0.4 is 0 Å². The summed E-state index contributed by atoms with van der Waals surface area (Å²) >= 11 is 0. The fraction of sp³-hybridized carbons (Fsp3) is 0.615. The molecule has 0 aromatic carbocycles. The molecule has 0 radical (unpaired) electrons. The fourth-order valence-electron chi connectivity index (χ4n) is 1.90. The van der Waals surface area contributed by atoms with Gasteiger partial charge in [0.25, 0.3) is 5.91 Å². The lowest BCUT2D eigenvalue weighted by Gasteiger charge is -2.26. The zero-order valence-corrected chi connectivity index (χ0v) is 11.9. The van der Waals surface area contributed by atoms with Crippen LogP contribution in [0.25, 0.3) is 0 Å². The molecule has 1 unspecified atom stereocenters. The van der Waals surface area contributed by atoms with Gasteiger partial charge in [0.05, 0.1) is 5.69 Å². The molecule has 1 atom stereocenters. The molecule has 106 valence electrons. The topological polar surface area (TPSA) is 75.4 Å². The normalized spacial score (nSPS) is 12.2. The minimum atomic E-state index is -1.01. The molecule has 0 spiro atoms. The van der Waals surface area contributed by atoms with Crippen molar-refractivity contribution in [3.8, 4) is 0 Å². The van der Waals surface area contributed by atoms with E-state index in [0.717, 1.165) is 5.69 Å². The van der Waals surface area contributed by atoms with Crippen LogP contribution >= 0.6 is 0 Å². The summed E-state index contributed by atoms with van der Waals surface area (Å²) in [5, 5.41) is 13.2. The summed E-state index contributed by atoms with van der Waals surface area (Å²) < 4.78 is 1.61. The monoisotopic (exact) mass is 267 g/mol. The standard InChI is InChI=1S/C13H21N3O3/c1-5-10(4)15(8-12(17)18)13(19)11-7-9(3)14-16(11)6-2/h7,10H,5-6,8H2,1-4H3,(H,17,18). The molecule has 1 aromatic heterocycles. The quantitative estimate of drug-likeness (QED) is 0.848. The van der Waals surface area contributed by atoms with E-state index in [1.807, 2.05) is 27.7 Å². The SMILES string of the molecule is CCC(C)N(CC(=O)O)C(=O)c1cc(C)nn1CC. The number of nitrogens with zero attached hydrogens (tertiary/aromatic N) is 3. The highest BCUT2D eigenvalue weighted by Gasteiger charge is 2.25. The number of carboxylic acids is 1. The minimum absolute atomic E-state index is 0.121. The van der Waals surface area contributed by atoms with Crippen LogP contribution in [-0.4, -0.2) is 44.3 Å². The molecular weight excluding hydrogens is 246 g/mol. The lowest BCUT2D eigenvalue weighted by molar-refractivity contribution is -0.138. The largest absolute Gasteiger partial charge is 0.480 e. The van der Waals surface area contributed by atoms with Crippen LogP contribution in [-0.2, 0) is 11.3 Å². The summed E-state index contributed by atoms with van der Waals surface area (Å²) in [6, 6.07) is 1.58. The van der Waals surface area contributed by atoms with Gasteiger partial charge in [-0.3, -0.25) is 14.3 Å². The Morgan fingerprint density at radius 3 is 2.58 bits per heavy atom. The number of hydrogen-bond acceptors (Lipinski definition) is 3. The van der Waals surface area contributed by atoms with Gasteiger partial charge in [0, 0.05) is 12.6 Å². The number of aryl methyl sites for hydroxylation is 2. The number of aliphatic carboxylic acids is 1. The van der Waals surface area contributed by atoms with E-state index in [9.17, 15) is 9.59 Å². The lowest BCUT2D eigenvalue weighted by atomic mass is 10.2. The number of aromatic nitrogens is 2. The summed E-state index contributed by atoms with van der Waals surface area (Å²) in [6.07, 6.45) is 0.707. The maximum atomic E-state index is 12.5. The number of carbonyl (C=O) groups is 2. The van der Waals surface area contributed by atoms with E-state index in [2.05, 4.69) is 5.10 Å². The molecule has 0 saturated heterocycles. The van der Waals surface area contributed by atoms with Gasteiger partial charge in [-0.2, -0.15) is 5.10 Å². The van der Waals surface area contributed by atoms with Gasteiger partial charge >= 0.3 is 5.97 Å². The molecule has 6 nitrogen and oxygen atoms in total. The second kappa shape index (κ2) is 6.36. The number of rotatable bonds is 6. The molecule has 0 bridgehead atoms. The lowest BCUT2D eigenvalue weighted by Crippen LogP contribution is -2.42. The van der Waals surface area contributed by atoms with Crippen molar-refractivity contribution < 1.29 is 14.7 Å². The molecule has 0 saturated carbocycles. The van der Waals surface area contributed by atoms with Gasteiger partial charge in [0.1, 0.15) is 12.2 Å². The van der Waals surface area contributed by atoms with Crippen molar-refractivity contribution in [1.82, 2.24) is 14.7 Å². The minimum Gasteiger partial charge on any atom is -0.480 e. The number of amides is 1. The Morgan fingerprint density at radius 1 is 1.47 bits per heavy atom. The van der Waals surface area contributed by atoms with Crippen LogP contribution in [0.2, 0.25) is 0 Å². The fourth-order valence-corrected chi connectivity index (χ4v) is 1.90. The number of hydrogen-bond donors (Lipinski definition) is 1. The van der Waals surface area contributed by atoms with Gasteiger partial charge in [-0.15, -0.1) is 0 Å². The van der Waals surface area contributed by atoms with Crippen molar-refractivity contribution in [1.29, 1.82) is 0 Å². The molecule has 0 aliphatic heterocycles. The average Bonchev–Trinajstić information content (AvgIpc) is 2.75. The smallest absolute Gasteiger partial charge is 0.323 e. The first-order valence-electron chi connectivity index (χ1n) is 6.47. The summed E-state index contributed by atoms with van der Waals surface area (Å²) in [7, 11) is 0. The highest BCUT2D eigenvalue weighted by Crippen LogP contribution is 2.12. The van der Waals surface area contributed by atoms with Crippen molar-refractivity contribution >= 4 is 11.9 Å². The molecule has 6 heteroatoms. The van der Waals surface area contributed by atoms with E-state index in [-0.39, 0.29) is 18.5 Å². The van der Waals surface area contributed by atoms with E-state index < -0.39 is 5.97 Å². The molecule has 0 aliphatic carbocycles. The maximum absolute atomic E-state index is 12.5. The Morgan fingerprint density at radius 2 is 2.11 bits per heavy atom. The first-order valence-corrected chi connectivity index (χ1v) is 6.47. The number of carbonyl (C=O) groups excluding carboxylic acids is 1. The van der Waals surface area contributed by atoms with Gasteiger partial charge in [0.15, 0.2) is 0 Å². The van der Waals surface area contributed by atoms with Crippen molar-refractivity contribution in [3.05, 3.63) is 17.5 Å². The molecule has 1 aromatic rings. The second-order valence-electron chi connectivity index (χ2n) is 4.57. The molecule has 0 fully saturated rings. The van der Waals surface area contributed by atoms with Crippen molar-refractivity contribution in [3.63, 3.8) is 0 Å². The first-order chi connectivity index (χ1) is 8.90. The van der Waals surface area contributed by atoms with Crippen molar-refractivity contribution in [2.24, 2.45) is 0 Å². The van der Waals surface area contributed by atoms with E-state index in [1.54, 1.807) is 10.7 Å². The Balaban J connectivity index is 3.07. The van der Waals surface area contributed by atoms with E-state index in [1.165, 1.54) is 4.90 Å². The molecule has 19 heavy (non-hydrogen) atoms. The maximum Gasteiger partial charge on any atom is 0.323 e. The van der Waals surface area contributed by atoms with E-state index in [0.29, 0.717) is 18.7 Å². The summed E-state index contributed by atoms with van der Waals surface area (Å²) in [5.74, 6) is -1.29. The van der Waals surface area contributed by atoms with Gasteiger partial charge in [-0.05, 0) is 33.3 Å². The molecule has 1 amide bonds. The first kappa shape index (κ1) is 15.2. The predicted octanol–water partition coefficient (Wildman–Crippen LogP) is 1.54. The molecule has 1 N–H and O–H groups in total. The number of carboxylic acid groups (broad SMARTS) is 1. The highest BCUT2D eigenvalue weighted by molar-refractivity contribution is 5.94. The van der Waals surface area contributed by atoms with Crippen molar-refractivity contribution in [2.75, 3.05) is 6.54 Å². The Kier molecular flexibility index (Phi) is 5.09.